The van der Waals surface area contributed by atoms with Crippen LogP contribution in [0.25, 0.3) is 0 Å². The lowest BCUT2D eigenvalue weighted by molar-refractivity contribution is -0.118. The van der Waals surface area contributed by atoms with E-state index < -0.39 is 0 Å². The van der Waals surface area contributed by atoms with Crippen LogP contribution in [0.15, 0.2) is 28.7 Å². The predicted molar refractivity (Wildman–Crippen MR) is 86.6 cm³/mol. The molecular weight excluding hydrogens is 349 g/mol. The second kappa shape index (κ2) is 7.58. The number of aromatic amines is 1. The van der Waals surface area contributed by atoms with Crippen molar-refractivity contribution in [3.63, 3.8) is 0 Å². The number of imidazole rings is 1. The number of halogens is 3. The first kappa shape index (κ1) is 16.7. The number of azo groups is 1. The SMILES string of the molecule is CC(=O)NCCc1[nH]cnc1N=Nc1c(Cl)cc(Cl)cc1Cl. The van der Waals surface area contributed by atoms with Crippen molar-refractivity contribution in [2.45, 2.75) is 13.3 Å². The van der Waals surface area contributed by atoms with Crippen LogP contribution in [0.2, 0.25) is 15.1 Å². The molecule has 1 aromatic heterocycles. The zero-order valence-corrected chi connectivity index (χ0v) is 13.8. The minimum atomic E-state index is -0.0950. The molecule has 1 heterocycles. The average molecular weight is 361 g/mol. The molecule has 0 saturated heterocycles. The van der Waals surface area contributed by atoms with Crippen molar-refractivity contribution in [1.82, 2.24) is 15.3 Å². The summed E-state index contributed by atoms with van der Waals surface area (Å²) in [5.74, 6) is 0.315. The van der Waals surface area contributed by atoms with Gasteiger partial charge in [-0.25, -0.2) is 4.98 Å². The summed E-state index contributed by atoms with van der Waals surface area (Å²) in [7, 11) is 0. The molecular formula is C13H12Cl3N5O. The van der Waals surface area contributed by atoms with Crippen LogP contribution in [0.1, 0.15) is 12.6 Å². The number of hydrogen-bond donors (Lipinski definition) is 2. The Morgan fingerprint density at radius 3 is 2.59 bits per heavy atom. The summed E-state index contributed by atoms with van der Waals surface area (Å²) in [4.78, 5) is 17.9. The zero-order valence-electron chi connectivity index (χ0n) is 11.5. The predicted octanol–water partition coefficient (Wildman–Crippen LogP) is 4.46. The van der Waals surface area contributed by atoms with Crippen LogP contribution in [0, 0.1) is 0 Å². The Morgan fingerprint density at radius 2 is 1.95 bits per heavy atom. The number of benzene rings is 1. The summed E-state index contributed by atoms with van der Waals surface area (Å²) < 4.78 is 0. The molecule has 0 spiro atoms. The molecule has 0 aliphatic carbocycles. The monoisotopic (exact) mass is 359 g/mol. The van der Waals surface area contributed by atoms with Crippen molar-refractivity contribution in [2.75, 3.05) is 6.54 Å². The maximum Gasteiger partial charge on any atom is 0.216 e. The number of aromatic nitrogens is 2. The number of nitrogens with one attached hydrogen (secondary N) is 2. The molecule has 2 N–H and O–H groups in total. The zero-order chi connectivity index (χ0) is 16.1. The number of amides is 1. The van der Waals surface area contributed by atoms with E-state index >= 15 is 0 Å². The molecule has 0 aliphatic rings. The van der Waals surface area contributed by atoms with Crippen molar-refractivity contribution in [2.24, 2.45) is 10.2 Å². The molecule has 0 radical (unpaired) electrons. The minimum absolute atomic E-state index is 0.0950. The Balaban J connectivity index is 2.14. The Hall–Kier alpha value is -1.63. The van der Waals surface area contributed by atoms with Crippen LogP contribution in [0.3, 0.4) is 0 Å². The molecule has 0 unspecified atom stereocenters. The molecule has 2 rings (SSSR count). The van der Waals surface area contributed by atoms with E-state index in [1.807, 2.05) is 0 Å². The average Bonchev–Trinajstić information content (AvgIpc) is 2.84. The Kier molecular flexibility index (Phi) is 5.76. The molecule has 1 aromatic carbocycles. The van der Waals surface area contributed by atoms with Crippen LogP contribution >= 0.6 is 34.8 Å². The highest BCUT2D eigenvalue weighted by molar-refractivity contribution is 6.41. The minimum Gasteiger partial charge on any atom is -0.356 e. The summed E-state index contributed by atoms with van der Waals surface area (Å²) in [6.07, 6.45) is 2.05. The van der Waals surface area contributed by atoms with Crippen molar-refractivity contribution in [1.29, 1.82) is 0 Å². The first-order valence-corrected chi connectivity index (χ1v) is 7.43. The summed E-state index contributed by atoms with van der Waals surface area (Å²) in [5, 5.41) is 11.8. The molecule has 116 valence electrons. The summed E-state index contributed by atoms with van der Waals surface area (Å²) in [6, 6.07) is 3.07. The van der Waals surface area contributed by atoms with Gasteiger partial charge in [0.1, 0.15) is 5.69 Å². The highest BCUT2D eigenvalue weighted by atomic mass is 35.5. The molecule has 22 heavy (non-hydrogen) atoms. The normalized spacial score (nSPS) is 11.1. The van der Waals surface area contributed by atoms with Gasteiger partial charge in [-0.3, -0.25) is 4.79 Å². The molecule has 0 bridgehead atoms. The van der Waals surface area contributed by atoms with E-state index in [9.17, 15) is 4.79 Å². The third kappa shape index (κ3) is 4.43. The van der Waals surface area contributed by atoms with Gasteiger partial charge in [0.2, 0.25) is 5.91 Å². The first-order valence-electron chi connectivity index (χ1n) is 6.30. The summed E-state index contributed by atoms with van der Waals surface area (Å²) >= 11 is 17.9. The van der Waals surface area contributed by atoms with Gasteiger partial charge in [0.05, 0.1) is 22.1 Å². The van der Waals surface area contributed by atoms with E-state index in [0.29, 0.717) is 39.5 Å². The highest BCUT2D eigenvalue weighted by Crippen LogP contribution is 2.36. The van der Waals surface area contributed by atoms with E-state index in [4.69, 9.17) is 34.8 Å². The second-order valence-corrected chi connectivity index (χ2v) is 5.61. The molecule has 1 amide bonds. The van der Waals surface area contributed by atoms with E-state index in [1.165, 1.54) is 25.4 Å². The third-order valence-electron chi connectivity index (χ3n) is 2.67. The van der Waals surface area contributed by atoms with Gasteiger partial charge >= 0.3 is 0 Å². The molecule has 2 aromatic rings. The van der Waals surface area contributed by atoms with Crippen LogP contribution < -0.4 is 5.32 Å². The highest BCUT2D eigenvalue weighted by Gasteiger charge is 2.09. The van der Waals surface area contributed by atoms with Gasteiger partial charge in [-0.05, 0) is 12.1 Å². The van der Waals surface area contributed by atoms with Gasteiger partial charge in [0, 0.05) is 24.9 Å². The van der Waals surface area contributed by atoms with Gasteiger partial charge in [-0.1, -0.05) is 34.8 Å². The van der Waals surface area contributed by atoms with Gasteiger partial charge in [-0.2, -0.15) is 0 Å². The topological polar surface area (TPSA) is 82.5 Å². The first-order chi connectivity index (χ1) is 10.5. The number of nitrogens with zero attached hydrogens (tertiary/aromatic N) is 3. The lowest BCUT2D eigenvalue weighted by Gasteiger charge is -2.02. The molecule has 0 fully saturated rings. The second-order valence-electron chi connectivity index (χ2n) is 4.36. The molecule has 0 atom stereocenters. The van der Waals surface area contributed by atoms with Gasteiger partial charge < -0.3 is 10.3 Å². The van der Waals surface area contributed by atoms with Crippen molar-refractivity contribution >= 4 is 52.2 Å². The molecule has 6 nitrogen and oxygen atoms in total. The smallest absolute Gasteiger partial charge is 0.216 e. The lowest BCUT2D eigenvalue weighted by atomic mass is 10.3. The number of carbonyl (C=O) groups excluding carboxylic acids is 1. The number of rotatable bonds is 5. The van der Waals surface area contributed by atoms with E-state index in [1.54, 1.807) is 0 Å². The Bertz CT molecular complexity index is 690. The van der Waals surface area contributed by atoms with Crippen molar-refractivity contribution in [3.8, 4) is 0 Å². The molecule has 0 aliphatic heterocycles. The van der Waals surface area contributed by atoms with Crippen LogP contribution in [0.5, 0.6) is 0 Å². The molecule has 0 saturated carbocycles. The van der Waals surface area contributed by atoms with Crippen molar-refractivity contribution in [3.05, 3.63) is 39.2 Å². The third-order valence-corrected chi connectivity index (χ3v) is 3.47. The number of carbonyl (C=O) groups is 1. The largest absolute Gasteiger partial charge is 0.356 e. The molecule has 9 heteroatoms. The standard InChI is InChI=1S/C13H12Cl3N5O/c1-7(22)17-3-2-11-13(19-6-18-11)21-20-12-9(15)4-8(14)5-10(12)16/h4-6H,2-3H2,1H3,(H,17,22)(H,18,19). The fourth-order valence-electron chi connectivity index (χ4n) is 1.67. The van der Waals surface area contributed by atoms with Gasteiger partial charge in [-0.15, -0.1) is 10.2 Å². The fourth-order valence-corrected chi connectivity index (χ4v) is 2.57. The van der Waals surface area contributed by atoms with Crippen LogP contribution in [0.4, 0.5) is 11.5 Å². The van der Waals surface area contributed by atoms with Crippen LogP contribution in [-0.2, 0) is 11.2 Å². The number of H-pyrrole nitrogens is 1. The maximum absolute atomic E-state index is 10.9. The summed E-state index contributed by atoms with van der Waals surface area (Å²) in [5.41, 5.74) is 1.07. The number of hydrogen-bond acceptors (Lipinski definition) is 4. The van der Waals surface area contributed by atoms with Gasteiger partial charge in [0.25, 0.3) is 0 Å². The Labute approximate surface area is 141 Å². The lowest BCUT2D eigenvalue weighted by Crippen LogP contribution is -2.22. The van der Waals surface area contributed by atoms with Crippen molar-refractivity contribution < 1.29 is 4.79 Å². The quantitative estimate of drug-likeness (QED) is 0.771. The van der Waals surface area contributed by atoms with E-state index in [-0.39, 0.29) is 5.91 Å². The fraction of sp³-hybridized carbons (Fsp3) is 0.231. The van der Waals surface area contributed by atoms with Crippen LogP contribution in [-0.4, -0.2) is 22.4 Å². The van der Waals surface area contributed by atoms with Gasteiger partial charge in [0.15, 0.2) is 5.82 Å². The maximum atomic E-state index is 10.9. The summed E-state index contributed by atoms with van der Waals surface area (Å²) in [6.45, 7) is 1.93. The Morgan fingerprint density at radius 1 is 1.27 bits per heavy atom. The van der Waals surface area contributed by atoms with E-state index in [0.717, 1.165) is 5.69 Å². The van der Waals surface area contributed by atoms with E-state index in [2.05, 4.69) is 25.5 Å².